The van der Waals surface area contributed by atoms with Gasteiger partial charge < -0.3 is 36.1 Å². The van der Waals surface area contributed by atoms with Gasteiger partial charge in [0.25, 0.3) is 0 Å². The second-order valence-electron chi connectivity index (χ2n) is 11.8. The highest BCUT2D eigenvalue weighted by Gasteiger charge is 2.31. The number of pyridine rings is 1. The number of hydrogen-bond donors (Lipinski definition) is 4. The first-order chi connectivity index (χ1) is 22.2. The third kappa shape index (κ3) is 8.74. The van der Waals surface area contributed by atoms with Crippen LogP contribution in [-0.2, 0) is 20.7 Å². The predicted molar refractivity (Wildman–Crippen MR) is 166 cm³/mol. The van der Waals surface area contributed by atoms with Crippen molar-refractivity contribution in [1.29, 1.82) is 0 Å². The van der Waals surface area contributed by atoms with E-state index in [-0.39, 0.29) is 36.9 Å². The number of aromatic nitrogens is 1. The molecule has 10 nitrogen and oxygen atoms in total. The van der Waals surface area contributed by atoms with E-state index in [0.29, 0.717) is 36.3 Å². The molecule has 3 aromatic rings. The predicted octanol–water partition coefficient (Wildman–Crippen LogP) is 3.32. The second kappa shape index (κ2) is 15.4. The Bertz CT molecular complexity index is 1430. The molecule has 0 radical (unpaired) electrons. The standard InChI is InChI=1S/C33H39F3N6O4/c1-42-13-12-24(17-42)40-33(44)46-19-25-18-45-26(14-39-25)10-11-27-28(36)15-38-16-29(27)41-31(32(37)43)30(20-2-6-22(34)7-3-20)21-4-8-23(35)9-5-21/h2-9,15-16,24-26,30-31,39,41H,10-14,17-19H2,1H3,(H2,37,43)(H,40,44)/t24?,25-,26+,31-/m0/s1. The first kappa shape index (κ1) is 33.2. The minimum Gasteiger partial charge on any atom is -0.448 e. The average Bonchev–Trinajstić information content (AvgIpc) is 3.45. The second-order valence-corrected chi connectivity index (χ2v) is 11.8. The molecule has 1 aromatic heterocycles. The molecule has 0 spiro atoms. The fourth-order valence-electron chi connectivity index (χ4n) is 5.95. The van der Waals surface area contributed by atoms with Gasteiger partial charge in [-0.25, -0.2) is 18.0 Å². The van der Waals surface area contributed by atoms with Crippen molar-refractivity contribution in [2.24, 2.45) is 5.73 Å². The number of nitrogens with zero attached hydrogens (tertiary/aromatic N) is 2. The largest absolute Gasteiger partial charge is 0.448 e. The fourth-order valence-corrected chi connectivity index (χ4v) is 5.95. The van der Waals surface area contributed by atoms with Gasteiger partial charge in [-0.3, -0.25) is 9.78 Å². The molecule has 0 aliphatic carbocycles. The first-order valence-corrected chi connectivity index (χ1v) is 15.3. The van der Waals surface area contributed by atoms with E-state index in [2.05, 4.69) is 25.8 Å². The molecule has 13 heteroatoms. The van der Waals surface area contributed by atoms with E-state index >= 15 is 4.39 Å². The van der Waals surface area contributed by atoms with Crippen LogP contribution in [0.4, 0.5) is 23.7 Å². The normalized spacial score (nSPS) is 20.8. The summed E-state index contributed by atoms with van der Waals surface area (Å²) in [5.41, 5.74) is 7.55. The Morgan fingerprint density at radius 2 is 1.76 bits per heavy atom. The summed E-state index contributed by atoms with van der Waals surface area (Å²) in [4.78, 5) is 31.2. The average molecular weight is 641 g/mol. The highest BCUT2D eigenvalue weighted by molar-refractivity contribution is 5.85. The molecule has 0 bridgehead atoms. The van der Waals surface area contributed by atoms with Crippen LogP contribution in [0, 0.1) is 17.5 Å². The molecule has 2 aromatic carbocycles. The summed E-state index contributed by atoms with van der Waals surface area (Å²) >= 11 is 0. The number of carbonyl (C=O) groups excluding carboxylic acids is 2. The van der Waals surface area contributed by atoms with E-state index in [4.69, 9.17) is 15.2 Å². The van der Waals surface area contributed by atoms with Crippen LogP contribution < -0.4 is 21.7 Å². The van der Waals surface area contributed by atoms with Gasteiger partial charge in [-0.15, -0.1) is 0 Å². The van der Waals surface area contributed by atoms with E-state index in [1.165, 1.54) is 54.7 Å². The Morgan fingerprint density at radius 3 is 2.33 bits per heavy atom. The molecule has 2 aliphatic rings. The van der Waals surface area contributed by atoms with Gasteiger partial charge in [0.05, 0.1) is 36.8 Å². The smallest absolute Gasteiger partial charge is 0.407 e. The lowest BCUT2D eigenvalue weighted by molar-refractivity contribution is -0.119. The maximum atomic E-state index is 15.2. The van der Waals surface area contributed by atoms with Crippen LogP contribution in [0.25, 0.3) is 0 Å². The van der Waals surface area contributed by atoms with Crippen molar-refractivity contribution in [3.8, 4) is 0 Å². The van der Waals surface area contributed by atoms with Gasteiger partial charge in [0.1, 0.15) is 30.1 Å². The zero-order valence-electron chi connectivity index (χ0n) is 25.6. The molecule has 2 saturated heterocycles. The number of primary amides is 1. The molecule has 2 aliphatic heterocycles. The van der Waals surface area contributed by atoms with Crippen molar-refractivity contribution >= 4 is 17.7 Å². The van der Waals surface area contributed by atoms with Crippen molar-refractivity contribution in [2.45, 2.75) is 49.4 Å². The van der Waals surface area contributed by atoms with Crippen LogP contribution in [-0.4, -0.2) is 86.0 Å². The van der Waals surface area contributed by atoms with Crippen molar-refractivity contribution in [3.05, 3.63) is 95.1 Å². The van der Waals surface area contributed by atoms with Crippen LogP contribution in [0.1, 0.15) is 35.4 Å². The third-order valence-electron chi connectivity index (χ3n) is 8.43. The van der Waals surface area contributed by atoms with Crippen molar-refractivity contribution in [1.82, 2.24) is 20.5 Å². The molecular formula is C33H39F3N6O4. The van der Waals surface area contributed by atoms with Crippen LogP contribution in [0.3, 0.4) is 0 Å². The zero-order chi connectivity index (χ0) is 32.6. The molecular weight excluding hydrogens is 601 g/mol. The van der Waals surface area contributed by atoms with Crippen LogP contribution in [0.2, 0.25) is 0 Å². The molecule has 4 atom stereocenters. The number of likely N-dealkylation sites (tertiary alicyclic amines) is 1. The van der Waals surface area contributed by atoms with Gasteiger partial charge in [-0.2, -0.15) is 0 Å². The van der Waals surface area contributed by atoms with Crippen molar-refractivity contribution < 1.29 is 32.2 Å². The quantitative estimate of drug-likeness (QED) is 0.237. The topological polar surface area (TPSA) is 131 Å². The summed E-state index contributed by atoms with van der Waals surface area (Å²) in [5, 5.41) is 9.29. The summed E-state index contributed by atoms with van der Waals surface area (Å²) in [6.45, 7) is 2.67. The van der Waals surface area contributed by atoms with Gasteiger partial charge in [-0.05, 0) is 68.2 Å². The number of nitrogens with two attached hydrogens (primary N) is 1. The first-order valence-electron chi connectivity index (χ1n) is 15.3. The Balaban J connectivity index is 1.21. The summed E-state index contributed by atoms with van der Waals surface area (Å²) in [7, 11) is 2.01. The number of likely N-dealkylation sites (N-methyl/N-ethyl adjacent to an activating group) is 1. The molecule has 5 N–H and O–H groups in total. The maximum absolute atomic E-state index is 15.2. The van der Waals surface area contributed by atoms with E-state index < -0.39 is 41.4 Å². The number of amides is 2. The molecule has 1 unspecified atom stereocenters. The Kier molecular flexibility index (Phi) is 11.1. The number of ether oxygens (including phenoxy) is 2. The van der Waals surface area contributed by atoms with E-state index in [1.807, 2.05) is 7.05 Å². The number of carbonyl (C=O) groups is 2. The van der Waals surface area contributed by atoms with Crippen LogP contribution in [0.5, 0.6) is 0 Å². The van der Waals surface area contributed by atoms with Gasteiger partial charge in [0.2, 0.25) is 5.91 Å². The summed E-state index contributed by atoms with van der Waals surface area (Å²) in [6.07, 6.45) is 3.42. The number of anilines is 1. The molecule has 2 amide bonds. The lowest BCUT2D eigenvalue weighted by atomic mass is 9.84. The number of halogens is 3. The lowest BCUT2D eigenvalue weighted by Gasteiger charge is -2.31. The molecule has 3 heterocycles. The SMILES string of the molecule is CN1CCC(NC(=O)OC[C@@H]2CO[C@H](CCc3c(F)cncc3N[C@H](C(N)=O)C(c3ccc(F)cc3)c3ccc(F)cc3)CN2)C1. The Morgan fingerprint density at radius 1 is 1.09 bits per heavy atom. The summed E-state index contributed by atoms with van der Waals surface area (Å²) in [5.74, 6) is -2.98. The highest BCUT2D eigenvalue weighted by Crippen LogP contribution is 2.32. The van der Waals surface area contributed by atoms with E-state index in [9.17, 15) is 18.4 Å². The number of morpholine rings is 1. The monoisotopic (exact) mass is 640 g/mol. The number of rotatable bonds is 12. The summed E-state index contributed by atoms with van der Waals surface area (Å²) < 4.78 is 54.1. The number of hydrogen-bond acceptors (Lipinski definition) is 8. The summed E-state index contributed by atoms with van der Waals surface area (Å²) in [6, 6.07) is 9.95. The maximum Gasteiger partial charge on any atom is 0.407 e. The molecule has 2 fully saturated rings. The third-order valence-corrected chi connectivity index (χ3v) is 8.43. The molecule has 5 rings (SSSR count). The van der Waals surface area contributed by atoms with Gasteiger partial charge >= 0.3 is 6.09 Å². The number of alkyl carbamates (subject to hydrolysis) is 1. The Hall–Kier alpha value is -4.20. The zero-order valence-corrected chi connectivity index (χ0v) is 25.6. The Labute approximate surface area is 265 Å². The van der Waals surface area contributed by atoms with Gasteiger partial charge in [0, 0.05) is 30.6 Å². The highest BCUT2D eigenvalue weighted by atomic mass is 19.1. The van der Waals surface area contributed by atoms with Crippen LogP contribution in [0.15, 0.2) is 60.9 Å². The molecule has 0 saturated carbocycles. The van der Waals surface area contributed by atoms with Crippen molar-refractivity contribution in [3.63, 3.8) is 0 Å². The van der Waals surface area contributed by atoms with E-state index in [0.717, 1.165) is 25.7 Å². The number of benzene rings is 2. The van der Waals surface area contributed by atoms with Gasteiger partial charge in [-0.1, -0.05) is 24.3 Å². The number of nitrogens with one attached hydrogen (secondary N) is 3. The fraction of sp³-hybridized carbons (Fsp3) is 0.424. The molecule has 46 heavy (non-hydrogen) atoms. The minimum absolute atomic E-state index is 0.0837. The lowest BCUT2D eigenvalue weighted by Crippen LogP contribution is -2.49. The van der Waals surface area contributed by atoms with Crippen molar-refractivity contribution in [2.75, 3.05) is 45.2 Å². The van der Waals surface area contributed by atoms with Crippen LogP contribution >= 0.6 is 0 Å². The van der Waals surface area contributed by atoms with Gasteiger partial charge in [0.15, 0.2) is 0 Å². The minimum atomic E-state index is -1.11. The molecule has 246 valence electrons. The van der Waals surface area contributed by atoms with E-state index in [1.54, 1.807) is 0 Å².